The molecule has 2 saturated carbocycles. The average molecular weight is 290 g/mol. The second-order valence-electron chi connectivity index (χ2n) is 5.76. The van der Waals surface area contributed by atoms with Crippen LogP contribution in [0, 0.1) is 16.7 Å². The van der Waals surface area contributed by atoms with Crippen LogP contribution >= 0.6 is 15.9 Å². The highest BCUT2D eigenvalue weighted by Crippen LogP contribution is 2.62. The fraction of sp³-hybridized carbons (Fsp3) is 0.533. The van der Waals surface area contributed by atoms with Gasteiger partial charge in [0.25, 0.3) is 0 Å². The van der Waals surface area contributed by atoms with Crippen molar-refractivity contribution in [3.8, 4) is 6.07 Å². The fourth-order valence-corrected chi connectivity index (χ4v) is 4.09. The summed E-state index contributed by atoms with van der Waals surface area (Å²) in [6.45, 7) is 0. The van der Waals surface area contributed by atoms with E-state index in [-0.39, 0.29) is 5.41 Å². The molecule has 0 radical (unpaired) electrons. The van der Waals surface area contributed by atoms with Crippen LogP contribution in [-0.4, -0.2) is 0 Å². The van der Waals surface area contributed by atoms with E-state index in [1.807, 2.05) is 12.1 Å². The molecule has 1 aromatic carbocycles. The number of halogens is 1. The first-order valence-corrected chi connectivity index (χ1v) is 7.15. The summed E-state index contributed by atoms with van der Waals surface area (Å²) in [5, 5.41) is 9.54. The largest absolute Gasteiger partial charge is 0.197 e. The lowest BCUT2D eigenvalue weighted by atomic mass is 9.50. The van der Waals surface area contributed by atoms with E-state index in [0.717, 1.165) is 17.3 Å². The van der Waals surface area contributed by atoms with E-state index in [4.69, 9.17) is 0 Å². The fourth-order valence-electron chi connectivity index (χ4n) is 3.82. The van der Waals surface area contributed by atoms with E-state index in [0.29, 0.717) is 5.41 Å². The molecule has 0 amide bonds. The lowest BCUT2D eigenvalue weighted by Crippen LogP contribution is -2.47. The van der Waals surface area contributed by atoms with E-state index in [9.17, 15) is 5.26 Å². The topological polar surface area (TPSA) is 23.8 Å². The summed E-state index contributed by atoms with van der Waals surface area (Å²) in [7, 11) is 0. The minimum absolute atomic E-state index is 0.189. The lowest BCUT2D eigenvalue weighted by molar-refractivity contribution is 0.0648. The van der Waals surface area contributed by atoms with Crippen molar-refractivity contribution in [2.45, 2.75) is 43.9 Å². The van der Waals surface area contributed by atoms with Gasteiger partial charge in [-0.3, -0.25) is 0 Å². The van der Waals surface area contributed by atoms with Gasteiger partial charge in [-0.25, -0.2) is 0 Å². The van der Waals surface area contributed by atoms with Crippen LogP contribution in [0.2, 0.25) is 0 Å². The Morgan fingerprint density at radius 3 is 2.18 bits per heavy atom. The zero-order valence-corrected chi connectivity index (χ0v) is 11.5. The van der Waals surface area contributed by atoms with Crippen LogP contribution in [0.5, 0.6) is 0 Å². The first-order chi connectivity index (χ1) is 8.18. The number of nitrogens with zero attached hydrogens (tertiary/aromatic N) is 1. The molecule has 2 aliphatic carbocycles. The molecule has 0 unspecified atom stereocenters. The van der Waals surface area contributed by atoms with Crippen LogP contribution < -0.4 is 0 Å². The molecule has 0 N–H and O–H groups in total. The van der Waals surface area contributed by atoms with Gasteiger partial charge in [-0.15, -0.1) is 0 Å². The van der Waals surface area contributed by atoms with Crippen molar-refractivity contribution >= 4 is 15.9 Å². The Kier molecular flexibility index (Phi) is 2.56. The summed E-state index contributed by atoms with van der Waals surface area (Å²) < 4.78 is 1.09. The Balaban J connectivity index is 1.86. The van der Waals surface area contributed by atoms with Gasteiger partial charge in [-0.1, -0.05) is 40.9 Å². The van der Waals surface area contributed by atoms with Gasteiger partial charge in [-0.05, 0) is 48.8 Å². The molecule has 1 spiro atoms. The molecule has 0 atom stereocenters. The maximum Gasteiger partial charge on any atom is 0.0833 e. The van der Waals surface area contributed by atoms with Crippen LogP contribution in [0.25, 0.3) is 0 Å². The minimum atomic E-state index is -0.189. The molecule has 0 aromatic heterocycles. The molecule has 1 nitrogen and oxygen atoms in total. The molecule has 2 aliphatic rings. The highest BCUT2D eigenvalue weighted by atomic mass is 79.9. The molecule has 17 heavy (non-hydrogen) atoms. The molecule has 0 aliphatic heterocycles. The number of rotatable bonds is 1. The Labute approximate surface area is 111 Å². The SMILES string of the molecule is N#CC1(c2ccc(Br)cc2)CC2(CCCC2)C1. The van der Waals surface area contributed by atoms with Gasteiger partial charge in [0, 0.05) is 4.47 Å². The van der Waals surface area contributed by atoms with E-state index in [1.54, 1.807) is 0 Å². The van der Waals surface area contributed by atoms with Gasteiger partial charge in [0.1, 0.15) is 0 Å². The van der Waals surface area contributed by atoms with Crippen LogP contribution in [-0.2, 0) is 5.41 Å². The summed E-state index contributed by atoms with van der Waals surface area (Å²) in [6.07, 6.45) is 7.57. The summed E-state index contributed by atoms with van der Waals surface area (Å²) in [5.74, 6) is 0. The molecule has 2 fully saturated rings. The van der Waals surface area contributed by atoms with E-state index in [1.165, 1.54) is 31.2 Å². The van der Waals surface area contributed by atoms with E-state index < -0.39 is 0 Å². The molecule has 2 heteroatoms. The maximum absolute atomic E-state index is 9.54. The number of benzene rings is 1. The zero-order chi connectivity index (χ0) is 11.9. The van der Waals surface area contributed by atoms with Crippen LogP contribution in [0.1, 0.15) is 44.1 Å². The summed E-state index contributed by atoms with van der Waals surface area (Å²) >= 11 is 3.45. The Bertz CT molecular complexity index is 455. The van der Waals surface area contributed by atoms with Crippen molar-refractivity contribution in [3.63, 3.8) is 0 Å². The number of hydrogen-bond acceptors (Lipinski definition) is 1. The zero-order valence-electron chi connectivity index (χ0n) is 9.88. The van der Waals surface area contributed by atoms with Gasteiger partial charge in [-0.2, -0.15) is 5.26 Å². The third kappa shape index (κ3) is 1.72. The predicted molar refractivity (Wildman–Crippen MR) is 71.6 cm³/mol. The van der Waals surface area contributed by atoms with E-state index >= 15 is 0 Å². The van der Waals surface area contributed by atoms with Crippen molar-refractivity contribution in [1.29, 1.82) is 5.26 Å². The lowest BCUT2D eigenvalue weighted by Gasteiger charge is -2.51. The molecule has 1 aromatic rings. The third-order valence-corrected chi connectivity index (χ3v) is 5.16. The monoisotopic (exact) mass is 289 g/mol. The van der Waals surface area contributed by atoms with Crippen molar-refractivity contribution in [2.24, 2.45) is 5.41 Å². The first kappa shape index (κ1) is 11.3. The predicted octanol–water partition coefficient (Wildman–Crippen LogP) is 4.56. The minimum Gasteiger partial charge on any atom is -0.197 e. The van der Waals surface area contributed by atoms with Gasteiger partial charge in [0.05, 0.1) is 11.5 Å². The molecular formula is C15H16BrN. The molecule has 3 rings (SSSR count). The molecular weight excluding hydrogens is 274 g/mol. The Morgan fingerprint density at radius 1 is 1.06 bits per heavy atom. The van der Waals surface area contributed by atoms with Crippen LogP contribution in [0.3, 0.4) is 0 Å². The van der Waals surface area contributed by atoms with Gasteiger partial charge in [0.2, 0.25) is 0 Å². The second kappa shape index (κ2) is 3.85. The summed E-state index contributed by atoms with van der Waals surface area (Å²) in [6, 6.07) is 10.9. The maximum atomic E-state index is 9.54. The van der Waals surface area contributed by atoms with Crippen molar-refractivity contribution < 1.29 is 0 Å². The first-order valence-electron chi connectivity index (χ1n) is 6.36. The van der Waals surface area contributed by atoms with Crippen LogP contribution in [0.4, 0.5) is 0 Å². The quantitative estimate of drug-likeness (QED) is 0.743. The van der Waals surface area contributed by atoms with Crippen molar-refractivity contribution in [1.82, 2.24) is 0 Å². The highest BCUT2D eigenvalue weighted by molar-refractivity contribution is 9.10. The van der Waals surface area contributed by atoms with Gasteiger partial charge < -0.3 is 0 Å². The average Bonchev–Trinajstić information content (AvgIpc) is 2.76. The van der Waals surface area contributed by atoms with Crippen molar-refractivity contribution in [3.05, 3.63) is 34.3 Å². The standard InChI is InChI=1S/C15H16BrN/c16-13-5-3-12(4-6-13)15(11-17)9-14(10-15)7-1-2-8-14/h3-6H,1-2,7-10H2. The van der Waals surface area contributed by atoms with E-state index in [2.05, 4.69) is 34.1 Å². The number of hydrogen-bond donors (Lipinski definition) is 0. The Morgan fingerprint density at radius 2 is 1.65 bits per heavy atom. The van der Waals surface area contributed by atoms with Gasteiger partial charge in [0.15, 0.2) is 0 Å². The van der Waals surface area contributed by atoms with Gasteiger partial charge >= 0.3 is 0 Å². The summed E-state index contributed by atoms with van der Waals surface area (Å²) in [4.78, 5) is 0. The Hall–Kier alpha value is -0.810. The second-order valence-corrected chi connectivity index (χ2v) is 6.68. The smallest absolute Gasteiger partial charge is 0.0833 e. The molecule has 0 bridgehead atoms. The summed E-state index contributed by atoms with van der Waals surface area (Å²) in [5.41, 5.74) is 1.54. The molecule has 88 valence electrons. The molecule has 0 heterocycles. The molecule has 0 saturated heterocycles. The number of nitriles is 1. The van der Waals surface area contributed by atoms with Crippen LogP contribution in [0.15, 0.2) is 28.7 Å². The normalized spacial score (nSPS) is 24.2. The third-order valence-electron chi connectivity index (χ3n) is 4.63. The van der Waals surface area contributed by atoms with Crippen molar-refractivity contribution in [2.75, 3.05) is 0 Å². The highest BCUT2D eigenvalue weighted by Gasteiger charge is 2.56.